The summed E-state index contributed by atoms with van der Waals surface area (Å²) < 4.78 is 43.8. The average molecular weight is 553 g/mol. The summed E-state index contributed by atoms with van der Waals surface area (Å²) in [5.74, 6) is -0.373. The van der Waals surface area contributed by atoms with Gasteiger partial charge in [-0.3, -0.25) is 9.69 Å². The number of benzene rings is 2. The number of para-hydroxylation sites is 1. The molecule has 1 amide bonds. The molecule has 2 aromatic rings. The highest BCUT2D eigenvalue weighted by Gasteiger charge is 2.35. The van der Waals surface area contributed by atoms with Gasteiger partial charge in [-0.05, 0) is 56.1 Å². The van der Waals surface area contributed by atoms with Crippen LogP contribution in [0.4, 0.5) is 15.8 Å². The van der Waals surface area contributed by atoms with Gasteiger partial charge in [0.15, 0.2) is 0 Å². The number of nitrogens with zero attached hydrogens (tertiary/aromatic N) is 3. The highest BCUT2D eigenvalue weighted by atomic mass is 79.9. The predicted molar refractivity (Wildman–Crippen MR) is 135 cm³/mol. The molecule has 1 fully saturated rings. The minimum absolute atomic E-state index is 0.0845. The number of carbonyl (C=O) groups excluding carboxylic acids is 1. The summed E-state index contributed by atoms with van der Waals surface area (Å²) in [7, 11) is -3.79. The number of sulfonamides is 1. The molecule has 0 bridgehead atoms. The largest absolute Gasteiger partial charge is 0.367 e. The molecule has 1 saturated heterocycles. The van der Waals surface area contributed by atoms with Crippen molar-refractivity contribution in [3.8, 4) is 0 Å². The Morgan fingerprint density at radius 1 is 1.18 bits per heavy atom. The fraction of sp³-hybridized carbons (Fsp3) is 0.458. The summed E-state index contributed by atoms with van der Waals surface area (Å²) in [4.78, 5) is 18.2. The van der Waals surface area contributed by atoms with E-state index in [1.54, 1.807) is 23.1 Å². The average Bonchev–Trinajstić information content (AvgIpc) is 3.12. The van der Waals surface area contributed by atoms with Crippen LogP contribution in [-0.4, -0.2) is 64.5 Å². The van der Waals surface area contributed by atoms with E-state index < -0.39 is 10.0 Å². The lowest BCUT2D eigenvalue weighted by Crippen LogP contribution is -2.47. The topological polar surface area (TPSA) is 73.0 Å². The molecule has 2 aliphatic rings. The van der Waals surface area contributed by atoms with E-state index in [2.05, 4.69) is 25.6 Å². The van der Waals surface area contributed by atoms with E-state index in [-0.39, 0.29) is 22.7 Å². The van der Waals surface area contributed by atoms with Gasteiger partial charge in [0.25, 0.3) is 0 Å². The van der Waals surface area contributed by atoms with E-state index in [1.807, 2.05) is 24.0 Å². The lowest BCUT2D eigenvalue weighted by atomic mass is 10.1. The SMILES string of the molecule is CC(=O)N1c2c(cc(Br)cc2S(=O)(=O)NCCCN2CCN(c3ccccc3F)CC2)C[C@H]1C. The number of nitrogens with one attached hydrogen (secondary N) is 1. The third kappa shape index (κ3) is 5.30. The quantitative estimate of drug-likeness (QED) is 0.533. The summed E-state index contributed by atoms with van der Waals surface area (Å²) in [6.45, 7) is 7.49. The van der Waals surface area contributed by atoms with Crippen molar-refractivity contribution in [1.82, 2.24) is 9.62 Å². The van der Waals surface area contributed by atoms with Gasteiger partial charge in [-0.15, -0.1) is 0 Å². The Morgan fingerprint density at radius 2 is 1.88 bits per heavy atom. The van der Waals surface area contributed by atoms with Gasteiger partial charge in [-0.1, -0.05) is 28.1 Å². The number of hydrogen-bond donors (Lipinski definition) is 1. The lowest BCUT2D eigenvalue weighted by Gasteiger charge is -2.36. The van der Waals surface area contributed by atoms with E-state index in [1.165, 1.54) is 13.0 Å². The molecule has 0 saturated carbocycles. The fourth-order valence-corrected chi connectivity index (χ4v) is 6.86. The molecule has 2 aliphatic heterocycles. The van der Waals surface area contributed by atoms with Crippen molar-refractivity contribution in [3.63, 3.8) is 0 Å². The Balaban J connectivity index is 1.33. The molecule has 10 heteroatoms. The third-order valence-corrected chi connectivity index (χ3v) is 8.39. The second-order valence-corrected chi connectivity index (χ2v) is 11.5. The molecule has 2 heterocycles. The minimum atomic E-state index is -3.79. The first kappa shape index (κ1) is 25.1. The lowest BCUT2D eigenvalue weighted by molar-refractivity contribution is -0.116. The van der Waals surface area contributed by atoms with E-state index in [4.69, 9.17) is 0 Å². The minimum Gasteiger partial charge on any atom is -0.367 e. The zero-order valence-corrected chi connectivity index (χ0v) is 21.8. The van der Waals surface area contributed by atoms with E-state index in [0.717, 1.165) is 38.3 Å². The molecule has 7 nitrogen and oxygen atoms in total. The maximum absolute atomic E-state index is 14.0. The second-order valence-electron chi connectivity index (χ2n) is 8.89. The summed E-state index contributed by atoms with van der Waals surface area (Å²) >= 11 is 3.42. The highest BCUT2D eigenvalue weighted by molar-refractivity contribution is 9.10. The van der Waals surface area contributed by atoms with Crippen molar-refractivity contribution in [2.45, 2.75) is 37.6 Å². The van der Waals surface area contributed by atoms with Crippen molar-refractivity contribution >= 4 is 43.2 Å². The van der Waals surface area contributed by atoms with Crippen LogP contribution in [0.3, 0.4) is 0 Å². The Morgan fingerprint density at radius 3 is 2.56 bits per heavy atom. The van der Waals surface area contributed by atoms with Crippen LogP contribution in [-0.2, 0) is 21.2 Å². The zero-order chi connectivity index (χ0) is 24.5. The second kappa shape index (κ2) is 10.3. The molecule has 0 radical (unpaired) electrons. The maximum Gasteiger partial charge on any atom is 0.242 e. The van der Waals surface area contributed by atoms with E-state index >= 15 is 0 Å². The van der Waals surface area contributed by atoms with Gasteiger partial charge in [0.05, 0.1) is 11.4 Å². The first-order valence-electron chi connectivity index (χ1n) is 11.5. The Bertz CT molecular complexity index is 1170. The number of fused-ring (bicyclic) bond motifs is 1. The molecule has 4 rings (SSSR count). The molecule has 0 unspecified atom stereocenters. The molecule has 0 aliphatic carbocycles. The van der Waals surface area contributed by atoms with Crippen molar-refractivity contribution in [1.29, 1.82) is 0 Å². The van der Waals surface area contributed by atoms with E-state index in [9.17, 15) is 17.6 Å². The predicted octanol–water partition coefficient (Wildman–Crippen LogP) is 3.38. The number of piperazine rings is 1. The first-order chi connectivity index (χ1) is 16.2. The number of anilines is 2. The summed E-state index contributed by atoms with van der Waals surface area (Å²) in [5, 5.41) is 0. The van der Waals surface area contributed by atoms with Crippen LogP contribution in [0.15, 0.2) is 45.8 Å². The summed E-state index contributed by atoms with van der Waals surface area (Å²) in [6, 6.07) is 10.2. The number of halogens is 2. The molecule has 2 aromatic carbocycles. The van der Waals surface area contributed by atoms with Gasteiger partial charge < -0.3 is 9.80 Å². The van der Waals surface area contributed by atoms with Crippen LogP contribution in [0.5, 0.6) is 0 Å². The van der Waals surface area contributed by atoms with Gasteiger partial charge in [0, 0.05) is 50.2 Å². The fourth-order valence-electron chi connectivity index (χ4n) is 4.87. The molecule has 1 N–H and O–H groups in total. The molecular formula is C24H30BrFN4O3S. The van der Waals surface area contributed by atoms with Crippen molar-refractivity contribution in [2.75, 3.05) is 49.1 Å². The Labute approximate surface area is 209 Å². The van der Waals surface area contributed by atoms with Crippen molar-refractivity contribution in [3.05, 3.63) is 52.3 Å². The Hall–Kier alpha value is -2.01. The third-order valence-electron chi connectivity index (χ3n) is 6.45. The van der Waals surface area contributed by atoms with Gasteiger partial charge in [-0.2, -0.15) is 0 Å². The number of amides is 1. The smallest absolute Gasteiger partial charge is 0.242 e. The summed E-state index contributed by atoms with van der Waals surface area (Å²) in [6.07, 6.45) is 1.28. The molecule has 0 spiro atoms. The number of rotatable bonds is 7. The Kier molecular flexibility index (Phi) is 7.61. The molecule has 184 valence electrons. The van der Waals surface area contributed by atoms with Crippen LogP contribution in [0.1, 0.15) is 25.8 Å². The van der Waals surface area contributed by atoms with Gasteiger partial charge in [0.2, 0.25) is 15.9 Å². The van der Waals surface area contributed by atoms with Crippen molar-refractivity contribution in [2.24, 2.45) is 0 Å². The highest BCUT2D eigenvalue weighted by Crippen LogP contribution is 2.40. The molecular weight excluding hydrogens is 523 g/mol. The monoisotopic (exact) mass is 552 g/mol. The molecule has 0 aromatic heterocycles. The molecule has 34 heavy (non-hydrogen) atoms. The van der Waals surface area contributed by atoms with Crippen LogP contribution in [0, 0.1) is 5.82 Å². The van der Waals surface area contributed by atoms with Crippen LogP contribution in [0.25, 0.3) is 0 Å². The van der Waals surface area contributed by atoms with Gasteiger partial charge in [-0.25, -0.2) is 17.5 Å². The van der Waals surface area contributed by atoms with E-state index in [0.29, 0.717) is 35.2 Å². The van der Waals surface area contributed by atoms with Crippen LogP contribution in [0.2, 0.25) is 0 Å². The van der Waals surface area contributed by atoms with Crippen LogP contribution < -0.4 is 14.5 Å². The molecule has 1 atom stereocenters. The summed E-state index contributed by atoms with van der Waals surface area (Å²) in [5.41, 5.74) is 1.97. The number of carbonyl (C=O) groups is 1. The number of hydrogen-bond acceptors (Lipinski definition) is 5. The van der Waals surface area contributed by atoms with Crippen molar-refractivity contribution < 1.29 is 17.6 Å². The maximum atomic E-state index is 14.0. The van der Waals surface area contributed by atoms with Crippen LogP contribution >= 0.6 is 15.9 Å². The zero-order valence-electron chi connectivity index (χ0n) is 19.4. The van der Waals surface area contributed by atoms with Gasteiger partial charge in [0.1, 0.15) is 10.7 Å². The normalized spacial score (nSPS) is 18.9. The standard InChI is InChI=1S/C24H30BrFN4O3S/c1-17-14-19-15-20(25)16-23(24(19)30(17)18(2)31)34(32,33)27-8-5-9-28-10-12-29(13-11-28)22-7-4-3-6-21(22)26/h3-4,6-7,15-17,27H,5,8-14H2,1-2H3/t17-/m1/s1. The van der Waals surface area contributed by atoms with Gasteiger partial charge >= 0.3 is 0 Å². The first-order valence-corrected chi connectivity index (χ1v) is 13.8.